The number of fused-ring (bicyclic) bond motifs is 6. The maximum absolute atomic E-state index is 2.46. The average molecular weight is 479 g/mol. The first-order chi connectivity index (χ1) is 18.9. The van der Waals surface area contributed by atoms with Gasteiger partial charge in [0.05, 0.1) is 0 Å². The number of benzene rings is 7. The summed E-state index contributed by atoms with van der Waals surface area (Å²) in [4.78, 5) is 0. The molecule has 0 nitrogen and oxygen atoms in total. The van der Waals surface area contributed by atoms with Crippen molar-refractivity contribution in [2.75, 3.05) is 0 Å². The van der Waals surface area contributed by atoms with E-state index in [-0.39, 0.29) is 0 Å². The first kappa shape index (κ1) is 20.2. The third-order valence-electron chi connectivity index (χ3n) is 8.57. The van der Waals surface area contributed by atoms with Crippen LogP contribution in [0.25, 0.3) is 86.9 Å². The molecule has 0 aliphatic carbocycles. The first-order valence-electron chi connectivity index (χ1n) is 13.3. The molecule has 0 N–H and O–H groups in total. The van der Waals surface area contributed by atoms with E-state index in [9.17, 15) is 0 Å². The van der Waals surface area contributed by atoms with Gasteiger partial charge >= 0.3 is 0 Å². The van der Waals surface area contributed by atoms with Gasteiger partial charge in [0.25, 0.3) is 0 Å². The van der Waals surface area contributed by atoms with Crippen molar-refractivity contribution in [3.8, 4) is 22.3 Å². The molecule has 174 valence electrons. The zero-order chi connectivity index (χ0) is 24.8. The van der Waals surface area contributed by atoms with Gasteiger partial charge in [-0.3, -0.25) is 0 Å². The van der Waals surface area contributed by atoms with Crippen LogP contribution in [0.5, 0.6) is 0 Å². The van der Waals surface area contributed by atoms with Crippen LogP contribution in [0, 0.1) is 0 Å². The lowest BCUT2D eigenvalue weighted by Crippen LogP contribution is -1.81. The normalized spacial score (nSPS) is 12.2. The van der Waals surface area contributed by atoms with Gasteiger partial charge in [-0.25, -0.2) is 0 Å². The molecule has 0 heteroatoms. The predicted molar refractivity (Wildman–Crippen MR) is 165 cm³/mol. The summed E-state index contributed by atoms with van der Waals surface area (Å²) in [6.07, 6.45) is 0. The van der Waals surface area contributed by atoms with Crippen LogP contribution in [-0.4, -0.2) is 0 Å². The highest BCUT2D eigenvalue weighted by Crippen LogP contribution is 2.47. The van der Waals surface area contributed by atoms with Crippen LogP contribution in [0.1, 0.15) is 0 Å². The van der Waals surface area contributed by atoms with Crippen molar-refractivity contribution in [1.82, 2.24) is 0 Å². The molecule has 0 saturated heterocycles. The summed E-state index contributed by atoms with van der Waals surface area (Å²) in [6.45, 7) is 0. The Hall–Kier alpha value is -4.94. The molecule has 0 aliphatic rings. The molecule has 0 aromatic heterocycles. The van der Waals surface area contributed by atoms with Gasteiger partial charge in [-0.15, -0.1) is 0 Å². The van der Waals surface area contributed by atoms with Crippen LogP contribution in [0.15, 0.2) is 133 Å². The molecule has 0 atom stereocenters. The van der Waals surface area contributed by atoms with Gasteiger partial charge < -0.3 is 0 Å². The van der Waals surface area contributed by atoms with Gasteiger partial charge in [0.1, 0.15) is 0 Å². The lowest BCUT2D eigenvalue weighted by atomic mass is 9.96. The lowest BCUT2D eigenvalue weighted by Gasteiger charge is -2.08. The molecule has 0 amide bonds. The van der Waals surface area contributed by atoms with E-state index in [2.05, 4.69) is 133 Å². The second-order valence-electron chi connectivity index (χ2n) is 10.5. The standard InChI is InChI=1S/C38H22/c1-3-9-23(10-4-1)25-17-19-31-35-22-36-32-20-18-26(24-11-5-2-6-12-24)28-14-8-16-30(38(28)32)34(36)21-33(35)29-15-7-13-27(25)37(29)31/h1-22H. The maximum Gasteiger partial charge on any atom is -0.00201 e. The third kappa shape index (κ3) is 2.54. The molecule has 0 spiro atoms. The van der Waals surface area contributed by atoms with E-state index >= 15 is 0 Å². The van der Waals surface area contributed by atoms with Gasteiger partial charge in [0.15, 0.2) is 0 Å². The molecular weight excluding hydrogens is 456 g/mol. The molecular formula is C38H22. The van der Waals surface area contributed by atoms with Crippen molar-refractivity contribution in [3.05, 3.63) is 133 Å². The minimum absolute atomic E-state index is 1.27. The molecule has 0 bridgehead atoms. The van der Waals surface area contributed by atoms with Crippen LogP contribution < -0.4 is 0 Å². The van der Waals surface area contributed by atoms with Crippen LogP contribution in [0.3, 0.4) is 0 Å². The fourth-order valence-corrected chi connectivity index (χ4v) is 6.94. The van der Waals surface area contributed by atoms with Gasteiger partial charge in [-0.1, -0.05) is 121 Å². The second kappa shape index (κ2) is 7.31. The van der Waals surface area contributed by atoms with E-state index in [1.165, 1.54) is 86.9 Å². The monoisotopic (exact) mass is 478 g/mol. The van der Waals surface area contributed by atoms with Crippen LogP contribution in [0.4, 0.5) is 0 Å². The Kier molecular flexibility index (Phi) is 3.88. The highest BCUT2D eigenvalue weighted by atomic mass is 14.2. The van der Waals surface area contributed by atoms with E-state index in [4.69, 9.17) is 0 Å². The quantitative estimate of drug-likeness (QED) is 0.232. The Morgan fingerprint density at radius 2 is 0.605 bits per heavy atom. The van der Waals surface area contributed by atoms with Crippen LogP contribution in [-0.2, 0) is 0 Å². The van der Waals surface area contributed by atoms with E-state index in [0.29, 0.717) is 0 Å². The van der Waals surface area contributed by atoms with Gasteiger partial charge in [-0.05, 0) is 99.0 Å². The molecule has 0 fully saturated rings. The third-order valence-corrected chi connectivity index (χ3v) is 8.57. The van der Waals surface area contributed by atoms with E-state index < -0.39 is 0 Å². The average Bonchev–Trinajstić information content (AvgIpc) is 3.48. The smallest absolute Gasteiger partial charge is 0.00201 e. The van der Waals surface area contributed by atoms with Gasteiger partial charge in [0, 0.05) is 0 Å². The molecule has 0 saturated carbocycles. The van der Waals surface area contributed by atoms with Crippen molar-refractivity contribution >= 4 is 64.6 Å². The summed E-state index contributed by atoms with van der Waals surface area (Å²) < 4.78 is 0. The minimum Gasteiger partial charge on any atom is -0.0622 e. The fraction of sp³-hybridized carbons (Fsp3) is 0. The Morgan fingerprint density at radius 1 is 0.237 bits per heavy atom. The van der Waals surface area contributed by atoms with Crippen molar-refractivity contribution in [2.24, 2.45) is 0 Å². The van der Waals surface area contributed by atoms with E-state index in [0.717, 1.165) is 0 Å². The van der Waals surface area contributed by atoms with E-state index in [1.807, 2.05) is 0 Å². The van der Waals surface area contributed by atoms with Gasteiger partial charge in [-0.2, -0.15) is 0 Å². The molecule has 38 heavy (non-hydrogen) atoms. The summed E-state index contributed by atoms with van der Waals surface area (Å²) in [5.74, 6) is 0. The lowest BCUT2D eigenvalue weighted by molar-refractivity contribution is 1.67. The fourth-order valence-electron chi connectivity index (χ4n) is 6.94. The summed E-state index contributed by atoms with van der Waals surface area (Å²) in [5, 5.41) is 16.2. The van der Waals surface area contributed by atoms with Crippen molar-refractivity contribution < 1.29 is 0 Å². The zero-order valence-electron chi connectivity index (χ0n) is 20.7. The second-order valence-corrected chi connectivity index (χ2v) is 10.5. The van der Waals surface area contributed by atoms with Crippen molar-refractivity contribution in [1.29, 1.82) is 0 Å². The van der Waals surface area contributed by atoms with Crippen LogP contribution in [0.2, 0.25) is 0 Å². The highest BCUT2D eigenvalue weighted by Gasteiger charge is 2.19. The Balaban J connectivity index is 1.41. The van der Waals surface area contributed by atoms with Gasteiger partial charge in [0.2, 0.25) is 0 Å². The summed E-state index contributed by atoms with van der Waals surface area (Å²) in [6, 6.07) is 49.3. The summed E-state index contributed by atoms with van der Waals surface area (Å²) >= 11 is 0. The molecule has 0 aliphatic heterocycles. The predicted octanol–water partition coefficient (Wildman–Crippen LogP) is 10.8. The van der Waals surface area contributed by atoms with Crippen molar-refractivity contribution in [3.63, 3.8) is 0 Å². The number of hydrogen-bond donors (Lipinski definition) is 0. The number of rotatable bonds is 2. The van der Waals surface area contributed by atoms with E-state index in [1.54, 1.807) is 0 Å². The summed E-state index contributed by atoms with van der Waals surface area (Å²) in [7, 11) is 0. The summed E-state index contributed by atoms with van der Waals surface area (Å²) in [5.41, 5.74) is 5.14. The van der Waals surface area contributed by atoms with Crippen LogP contribution >= 0.6 is 0 Å². The number of hydrogen-bond acceptors (Lipinski definition) is 0. The SMILES string of the molecule is c1ccc(-c2ccc3c4cc5c(cc4c4cccc2c43)c2cccc3c(-c4ccccc4)ccc5c32)cc1. The topological polar surface area (TPSA) is 0 Å². The Labute approximate surface area is 220 Å². The Bertz CT molecular complexity index is 2090. The molecule has 9 rings (SSSR count). The minimum atomic E-state index is 1.27. The molecule has 0 heterocycles. The molecule has 0 radical (unpaired) electrons. The first-order valence-corrected chi connectivity index (χ1v) is 13.3. The molecule has 0 unspecified atom stereocenters. The molecule has 9 aromatic carbocycles. The zero-order valence-corrected chi connectivity index (χ0v) is 20.7. The largest absolute Gasteiger partial charge is 0.0622 e. The highest BCUT2D eigenvalue weighted by molar-refractivity contribution is 6.38. The Morgan fingerprint density at radius 3 is 1.03 bits per heavy atom. The molecule has 9 aromatic rings. The maximum atomic E-state index is 2.46. The van der Waals surface area contributed by atoms with Crippen molar-refractivity contribution in [2.45, 2.75) is 0 Å².